The van der Waals surface area contributed by atoms with Crippen LogP contribution in [-0.2, 0) is 10.0 Å². The molecule has 11 heteroatoms. The van der Waals surface area contributed by atoms with Gasteiger partial charge in [0.15, 0.2) is 11.6 Å². The van der Waals surface area contributed by atoms with Gasteiger partial charge in [-0.05, 0) is 25.0 Å². The Hall–Kier alpha value is -2.60. The number of aromatic amines is 1. The molecule has 1 fully saturated rings. The Balaban J connectivity index is 1.68. The van der Waals surface area contributed by atoms with Gasteiger partial charge in [-0.3, -0.25) is 5.10 Å². The molecule has 1 aliphatic rings. The van der Waals surface area contributed by atoms with E-state index in [4.69, 9.17) is 10.2 Å². The standard InChI is InChI=1S/C17H18N6O3S2/c18-28(25,26)15-6-5-13(27-15)17-19-9-11(2-1-7-24)16(21-17)20-14-8-12(22-23-14)10-3-4-10/h1-2,5-6,8-10,24H,3-4,7H2,(H2,18,25,26)(H2,19,20,21,22,23). The van der Waals surface area contributed by atoms with Gasteiger partial charge in [0, 0.05) is 29.4 Å². The zero-order chi connectivity index (χ0) is 19.7. The van der Waals surface area contributed by atoms with E-state index in [1.807, 2.05) is 6.07 Å². The minimum Gasteiger partial charge on any atom is -0.392 e. The Morgan fingerprint density at radius 1 is 1.39 bits per heavy atom. The quantitative estimate of drug-likeness (QED) is 0.460. The monoisotopic (exact) mass is 418 g/mol. The van der Waals surface area contributed by atoms with Gasteiger partial charge in [-0.1, -0.05) is 12.2 Å². The lowest BCUT2D eigenvalue weighted by atomic mass is 10.2. The summed E-state index contributed by atoms with van der Waals surface area (Å²) in [5.74, 6) is 2.03. The van der Waals surface area contributed by atoms with E-state index < -0.39 is 10.0 Å². The van der Waals surface area contributed by atoms with E-state index in [9.17, 15) is 8.42 Å². The molecule has 0 amide bonds. The van der Waals surface area contributed by atoms with Crippen LogP contribution in [0.1, 0.15) is 30.0 Å². The van der Waals surface area contributed by atoms with Gasteiger partial charge >= 0.3 is 0 Å². The number of aliphatic hydroxyl groups excluding tert-OH is 1. The SMILES string of the molecule is NS(=O)(=O)c1ccc(-c2ncc(C=CCO)c(Nc3cc(C4CC4)[nH]n3)n2)s1. The van der Waals surface area contributed by atoms with Crippen molar-refractivity contribution in [2.24, 2.45) is 5.14 Å². The van der Waals surface area contributed by atoms with Crippen molar-refractivity contribution in [2.45, 2.75) is 23.0 Å². The van der Waals surface area contributed by atoms with Crippen molar-refractivity contribution in [3.63, 3.8) is 0 Å². The topological polar surface area (TPSA) is 147 Å². The summed E-state index contributed by atoms with van der Waals surface area (Å²) in [6.07, 6.45) is 7.20. The van der Waals surface area contributed by atoms with Crippen LogP contribution in [0, 0.1) is 0 Å². The number of nitrogens with one attached hydrogen (secondary N) is 2. The third-order valence-electron chi connectivity index (χ3n) is 4.16. The van der Waals surface area contributed by atoms with Crippen molar-refractivity contribution in [3.8, 4) is 10.7 Å². The molecule has 4 rings (SSSR count). The van der Waals surface area contributed by atoms with Crippen molar-refractivity contribution in [2.75, 3.05) is 11.9 Å². The molecule has 1 aliphatic carbocycles. The van der Waals surface area contributed by atoms with Crippen LogP contribution in [0.3, 0.4) is 0 Å². The molecule has 3 aromatic rings. The summed E-state index contributed by atoms with van der Waals surface area (Å²) in [6, 6.07) is 5.00. The Labute approximate surface area is 165 Å². The zero-order valence-corrected chi connectivity index (χ0v) is 16.3. The third kappa shape index (κ3) is 4.12. The molecule has 9 nitrogen and oxygen atoms in total. The number of aromatic nitrogens is 4. The molecule has 1 saturated carbocycles. The van der Waals surface area contributed by atoms with E-state index >= 15 is 0 Å². The second-order valence-electron chi connectivity index (χ2n) is 6.35. The number of aliphatic hydroxyl groups is 1. The maximum atomic E-state index is 11.5. The highest BCUT2D eigenvalue weighted by Crippen LogP contribution is 2.39. The number of hydrogen-bond donors (Lipinski definition) is 4. The molecule has 0 spiro atoms. The second kappa shape index (κ2) is 7.43. The highest BCUT2D eigenvalue weighted by Gasteiger charge is 2.25. The van der Waals surface area contributed by atoms with Crippen LogP contribution in [0.25, 0.3) is 16.8 Å². The number of nitrogens with zero attached hydrogens (tertiary/aromatic N) is 3. The van der Waals surface area contributed by atoms with Gasteiger partial charge in [0.1, 0.15) is 10.0 Å². The molecule has 0 saturated heterocycles. The fourth-order valence-electron chi connectivity index (χ4n) is 2.63. The average molecular weight is 419 g/mol. The van der Waals surface area contributed by atoms with Gasteiger partial charge in [-0.15, -0.1) is 11.3 Å². The maximum absolute atomic E-state index is 11.5. The first-order valence-corrected chi connectivity index (χ1v) is 10.9. The Morgan fingerprint density at radius 3 is 2.89 bits per heavy atom. The first kappa shape index (κ1) is 18.7. The predicted molar refractivity (Wildman–Crippen MR) is 107 cm³/mol. The molecular weight excluding hydrogens is 400 g/mol. The van der Waals surface area contributed by atoms with Crippen molar-refractivity contribution in [1.29, 1.82) is 0 Å². The Bertz CT molecular complexity index is 1130. The molecule has 0 radical (unpaired) electrons. The highest BCUT2D eigenvalue weighted by molar-refractivity contribution is 7.91. The number of nitrogens with two attached hydrogens (primary N) is 1. The summed E-state index contributed by atoms with van der Waals surface area (Å²) in [5.41, 5.74) is 1.75. The number of primary sulfonamides is 1. The van der Waals surface area contributed by atoms with Crippen LogP contribution >= 0.6 is 11.3 Å². The van der Waals surface area contributed by atoms with Gasteiger partial charge in [-0.25, -0.2) is 23.5 Å². The van der Waals surface area contributed by atoms with Crippen LogP contribution in [0.2, 0.25) is 0 Å². The predicted octanol–water partition coefficient (Wildman–Crippen LogP) is 2.20. The first-order chi connectivity index (χ1) is 13.4. The van der Waals surface area contributed by atoms with E-state index in [-0.39, 0.29) is 10.8 Å². The molecule has 146 valence electrons. The van der Waals surface area contributed by atoms with E-state index in [2.05, 4.69) is 25.5 Å². The van der Waals surface area contributed by atoms with Crippen LogP contribution in [0.15, 0.2) is 34.7 Å². The summed E-state index contributed by atoms with van der Waals surface area (Å²) >= 11 is 1.00. The molecule has 3 heterocycles. The Kier molecular flexibility index (Phi) is 4.98. The number of hydrogen-bond acceptors (Lipinski definition) is 8. The normalized spacial score (nSPS) is 14.6. The maximum Gasteiger partial charge on any atom is 0.247 e. The molecule has 0 unspecified atom stereocenters. The van der Waals surface area contributed by atoms with Crippen molar-refractivity contribution in [1.82, 2.24) is 20.2 Å². The molecule has 0 aliphatic heterocycles. The largest absolute Gasteiger partial charge is 0.392 e. The van der Waals surface area contributed by atoms with Crippen molar-refractivity contribution in [3.05, 3.63) is 41.7 Å². The molecule has 0 bridgehead atoms. The Morgan fingerprint density at radius 2 is 2.21 bits per heavy atom. The summed E-state index contributed by atoms with van der Waals surface area (Å²) in [4.78, 5) is 9.40. The van der Waals surface area contributed by atoms with Gasteiger partial charge < -0.3 is 10.4 Å². The number of anilines is 2. The molecule has 0 atom stereocenters. The van der Waals surface area contributed by atoms with Crippen molar-refractivity contribution < 1.29 is 13.5 Å². The summed E-state index contributed by atoms with van der Waals surface area (Å²) in [6.45, 7) is -0.113. The molecule has 28 heavy (non-hydrogen) atoms. The number of rotatable bonds is 7. The molecule has 5 N–H and O–H groups in total. The average Bonchev–Trinajstić information content (AvgIpc) is 3.18. The van der Waals surface area contributed by atoms with E-state index in [1.54, 1.807) is 24.4 Å². The van der Waals surface area contributed by atoms with E-state index in [0.717, 1.165) is 29.9 Å². The fourth-order valence-corrected chi connectivity index (χ4v) is 4.30. The van der Waals surface area contributed by atoms with E-state index in [0.29, 0.717) is 33.8 Å². The highest BCUT2D eigenvalue weighted by atomic mass is 32.2. The smallest absolute Gasteiger partial charge is 0.247 e. The fraction of sp³-hybridized carbons (Fsp3) is 0.235. The minimum atomic E-state index is -3.77. The van der Waals surface area contributed by atoms with Crippen molar-refractivity contribution >= 4 is 39.1 Å². The molecule has 0 aromatic carbocycles. The van der Waals surface area contributed by atoms with Gasteiger partial charge in [-0.2, -0.15) is 5.10 Å². The number of sulfonamides is 1. The summed E-state index contributed by atoms with van der Waals surface area (Å²) < 4.78 is 23.1. The third-order valence-corrected chi connectivity index (χ3v) is 6.68. The van der Waals surface area contributed by atoms with Crippen LogP contribution in [0.5, 0.6) is 0 Å². The second-order valence-corrected chi connectivity index (χ2v) is 9.23. The summed E-state index contributed by atoms with van der Waals surface area (Å²) in [7, 11) is -3.77. The number of thiophene rings is 1. The van der Waals surface area contributed by atoms with E-state index in [1.165, 1.54) is 6.07 Å². The van der Waals surface area contributed by atoms with Gasteiger partial charge in [0.05, 0.1) is 11.5 Å². The number of H-pyrrole nitrogens is 1. The van der Waals surface area contributed by atoms with Crippen LogP contribution < -0.4 is 10.5 Å². The molecular formula is C17H18N6O3S2. The lowest BCUT2D eigenvalue weighted by Crippen LogP contribution is -2.09. The van der Waals surface area contributed by atoms with Gasteiger partial charge in [0.25, 0.3) is 0 Å². The van der Waals surface area contributed by atoms with Crippen LogP contribution in [-0.4, -0.2) is 40.3 Å². The molecule has 3 aromatic heterocycles. The van der Waals surface area contributed by atoms with Crippen LogP contribution in [0.4, 0.5) is 11.6 Å². The van der Waals surface area contributed by atoms with Gasteiger partial charge in [0.2, 0.25) is 10.0 Å². The minimum absolute atomic E-state index is 0.0474. The lowest BCUT2D eigenvalue weighted by molar-refractivity contribution is 0.343. The lowest BCUT2D eigenvalue weighted by Gasteiger charge is -2.07. The first-order valence-electron chi connectivity index (χ1n) is 8.54. The summed E-state index contributed by atoms with van der Waals surface area (Å²) in [5, 5.41) is 24.7. The zero-order valence-electron chi connectivity index (χ0n) is 14.7.